The Morgan fingerprint density at radius 2 is 2.15 bits per heavy atom. The van der Waals surface area contributed by atoms with Crippen LogP contribution >= 0.6 is 0 Å². The molecule has 1 aliphatic rings. The number of rotatable bonds is 7. The molecular weight excluding hydrogens is 294 g/mol. The molecule has 1 amide bonds. The highest BCUT2D eigenvalue weighted by Gasteiger charge is 2.39. The Bertz CT molecular complexity index is 442. The van der Waals surface area contributed by atoms with Gasteiger partial charge in [0.25, 0.3) is 5.92 Å². The van der Waals surface area contributed by atoms with Gasteiger partial charge in [0.1, 0.15) is 12.6 Å². The smallest absolute Gasteiger partial charge is 0.287 e. The number of alkyl halides is 2. The van der Waals surface area contributed by atoms with E-state index in [2.05, 4.69) is 0 Å². The number of hydrogen-bond acceptors (Lipinski definition) is 4. The van der Waals surface area contributed by atoms with Crippen LogP contribution in [0.1, 0.15) is 26.2 Å². The maximum absolute atomic E-state index is 12.9. The standard InChI is InChI=1S/C11H20F2N2O4S/c1-2-6-20(18,19)15-5-3-4-9(15)10(17)14-7-11(12,13)8-16/h9,16H,2-8H2,1H3,(H,14,17). The van der Waals surface area contributed by atoms with E-state index in [-0.39, 0.29) is 12.3 Å². The molecule has 2 N–H and O–H groups in total. The molecule has 20 heavy (non-hydrogen) atoms. The fourth-order valence-corrected chi connectivity index (χ4v) is 3.85. The van der Waals surface area contributed by atoms with Gasteiger partial charge in [-0.05, 0) is 19.3 Å². The second kappa shape index (κ2) is 6.77. The van der Waals surface area contributed by atoms with Crippen LogP contribution in [-0.2, 0) is 14.8 Å². The Balaban J connectivity index is 2.68. The van der Waals surface area contributed by atoms with E-state index in [4.69, 9.17) is 5.11 Å². The summed E-state index contributed by atoms with van der Waals surface area (Å²) in [6, 6.07) is -0.930. The summed E-state index contributed by atoms with van der Waals surface area (Å²) >= 11 is 0. The van der Waals surface area contributed by atoms with E-state index in [1.54, 1.807) is 6.92 Å². The predicted molar refractivity (Wildman–Crippen MR) is 68.8 cm³/mol. The number of amides is 1. The minimum absolute atomic E-state index is 0.0659. The summed E-state index contributed by atoms with van der Waals surface area (Å²) in [6.45, 7) is -0.419. The van der Waals surface area contributed by atoms with Gasteiger partial charge in [0.2, 0.25) is 15.9 Å². The molecule has 1 fully saturated rings. The van der Waals surface area contributed by atoms with Crippen LogP contribution < -0.4 is 5.32 Å². The van der Waals surface area contributed by atoms with Gasteiger partial charge in [-0.15, -0.1) is 0 Å². The second-order valence-electron chi connectivity index (χ2n) is 4.82. The van der Waals surface area contributed by atoms with E-state index in [0.29, 0.717) is 19.3 Å². The third-order valence-corrected chi connectivity index (χ3v) is 5.15. The maximum atomic E-state index is 12.9. The van der Waals surface area contributed by atoms with Crippen LogP contribution in [0.15, 0.2) is 0 Å². The van der Waals surface area contributed by atoms with Gasteiger partial charge in [0.15, 0.2) is 0 Å². The van der Waals surface area contributed by atoms with E-state index in [1.807, 2.05) is 5.32 Å². The Hall–Kier alpha value is -0.800. The monoisotopic (exact) mass is 314 g/mol. The largest absolute Gasteiger partial charge is 0.390 e. The summed E-state index contributed by atoms with van der Waals surface area (Å²) in [5.41, 5.74) is 0. The van der Waals surface area contributed by atoms with Gasteiger partial charge in [0, 0.05) is 6.54 Å². The molecule has 0 aromatic heterocycles. The Kier molecular flexibility index (Phi) is 5.84. The number of aliphatic hydroxyl groups excluding tert-OH is 1. The Morgan fingerprint density at radius 3 is 2.70 bits per heavy atom. The molecule has 0 radical (unpaired) electrons. The highest BCUT2D eigenvalue weighted by Crippen LogP contribution is 2.22. The summed E-state index contributed by atoms with van der Waals surface area (Å²) in [4.78, 5) is 11.8. The molecule has 0 aliphatic carbocycles. The minimum atomic E-state index is -3.53. The van der Waals surface area contributed by atoms with Gasteiger partial charge in [-0.1, -0.05) is 6.92 Å². The van der Waals surface area contributed by atoms with E-state index >= 15 is 0 Å². The van der Waals surface area contributed by atoms with Gasteiger partial charge in [-0.2, -0.15) is 4.31 Å². The first-order valence-electron chi connectivity index (χ1n) is 6.49. The molecule has 1 aliphatic heterocycles. The molecule has 1 saturated heterocycles. The molecule has 118 valence electrons. The van der Waals surface area contributed by atoms with E-state index in [0.717, 1.165) is 4.31 Å². The first-order chi connectivity index (χ1) is 9.23. The number of carbonyl (C=O) groups excluding carboxylic acids is 1. The zero-order chi connectivity index (χ0) is 15.4. The highest BCUT2D eigenvalue weighted by atomic mass is 32.2. The van der Waals surface area contributed by atoms with Crippen LogP contribution in [-0.4, -0.2) is 61.2 Å². The van der Waals surface area contributed by atoms with Gasteiger partial charge in [0.05, 0.1) is 12.3 Å². The lowest BCUT2D eigenvalue weighted by molar-refractivity contribution is -0.127. The first kappa shape index (κ1) is 17.3. The summed E-state index contributed by atoms with van der Waals surface area (Å²) in [5, 5.41) is 10.4. The molecule has 0 bridgehead atoms. The number of nitrogens with one attached hydrogen (secondary N) is 1. The topological polar surface area (TPSA) is 86.7 Å². The van der Waals surface area contributed by atoms with Crippen molar-refractivity contribution in [3.05, 3.63) is 0 Å². The average Bonchev–Trinajstić information content (AvgIpc) is 2.86. The minimum Gasteiger partial charge on any atom is -0.390 e. The van der Waals surface area contributed by atoms with Crippen LogP contribution in [0.3, 0.4) is 0 Å². The summed E-state index contributed by atoms with van der Waals surface area (Å²) in [5.74, 6) is -4.21. The highest BCUT2D eigenvalue weighted by molar-refractivity contribution is 7.89. The van der Waals surface area contributed by atoms with Crippen molar-refractivity contribution in [2.24, 2.45) is 0 Å². The molecule has 1 heterocycles. The van der Waals surface area contributed by atoms with Gasteiger partial charge >= 0.3 is 0 Å². The van der Waals surface area contributed by atoms with Crippen LogP contribution in [0.25, 0.3) is 0 Å². The fraction of sp³-hybridized carbons (Fsp3) is 0.909. The lowest BCUT2D eigenvalue weighted by Crippen LogP contribution is -2.49. The lowest BCUT2D eigenvalue weighted by Gasteiger charge is -2.24. The molecule has 1 unspecified atom stereocenters. The molecule has 9 heteroatoms. The van der Waals surface area contributed by atoms with Crippen molar-refractivity contribution in [3.63, 3.8) is 0 Å². The molecule has 1 rings (SSSR count). The number of halogens is 2. The van der Waals surface area contributed by atoms with Crippen molar-refractivity contribution >= 4 is 15.9 Å². The molecule has 0 aromatic rings. The molecule has 0 saturated carbocycles. The SMILES string of the molecule is CCCS(=O)(=O)N1CCCC1C(=O)NCC(F)(F)CO. The lowest BCUT2D eigenvalue weighted by atomic mass is 10.2. The van der Waals surface area contributed by atoms with Crippen molar-refractivity contribution in [3.8, 4) is 0 Å². The second-order valence-corrected chi connectivity index (χ2v) is 6.86. The average molecular weight is 314 g/mol. The van der Waals surface area contributed by atoms with Crippen molar-refractivity contribution in [2.45, 2.75) is 38.2 Å². The number of aliphatic hydroxyl groups is 1. The third kappa shape index (κ3) is 4.35. The van der Waals surface area contributed by atoms with Crippen LogP contribution in [0, 0.1) is 0 Å². The number of hydrogen-bond donors (Lipinski definition) is 2. The molecular formula is C11H20F2N2O4S. The molecule has 6 nitrogen and oxygen atoms in total. The van der Waals surface area contributed by atoms with Crippen LogP contribution in [0.5, 0.6) is 0 Å². The van der Waals surface area contributed by atoms with Gasteiger partial charge in [-0.25, -0.2) is 17.2 Å². The quantitative estimate of drug-likeness (QED) is 0.689. The fourth-order valence-electron chi connectivity index (χ4n) is 2.10. The number of carbonyl (C=O) groups is 1. The molecule has 0 spiro atoms. The van der Waals surface area contributed by atoms with Crippen molar-refractivity contribution in [1.82, 2.24) is 9.62 Å². The summed E-state index contributed by atoms with van der Waals surface area (Å²) in [7, 11) is -3.53. The van der Waals surface area contributed by atoms with Crippen molar-refractivity contribution in [2.75, 3.05) is 25.4 Å². The molecule has 0 aromatic carbocycles. The van der Waals surface area contributed by atoms with Gasteiger partial charge < -0.3 is 10.4 Å². The zero-order valence-electron chi connectivity index (χ0n) is 11.3. The van der Waals surface area contributed by atoms with Crippen LogP contribution in [0.2, 0.25) is 0 Å². The summed E-state index contributed by atoms with van der Waals surface area (Å²) in [6.07, 6.45) is 1.27. The third-order valence-electron chi connectivity index (χ3n) is 3.08. The number of sulfonamides is 1. The molecule has 1 atom stereocenters. The maximum Gasteiger partial charge on any atom is 0.287 e. The van der Waals surface area contributed by atoms with E-state index in [9.17, 15) is 22.0 Å². The van der Waals surface area contributed by atoms with E-state index in [1.165, 1.54) is 0 Å². The van der Waals surface area contributed by atoms with Crippen molar-refractivity contribution in [1.29, 1.82) is 0 Å². The van der Waals surface area contributed by atoms with E-state index < -0.39 is 41.0 Å². The zero-order valence-corrected chi connectivity index (χ0v) is 12.1. The van der Waals surface area contributed by atoms with Crippen molar-refractivity contribution < 1.29 is 27.1 Å². The normalized spacial score (nSPS) is 21.1. The Morgan fingerprint density at radius 1 is 1.50 bits per heavy atom. The first-order valence-corrected chi connectivity index (χ1v) is 8.10. The van der Waals surface area contributed by atoms with Crippen LogP contribution in [0.4, 0.5) is 8.78 Å². The van der Waals surface area contributed by atoms with Gasteiger partial charge in [-0.3, -0.25) is 4.79 Å². The Labute approximate surface area is 117 Å². The predicted octanol–water partition coefficient (Wildman–Crippen LogP) is -0.0656. The summed E-state index contributed by atoms with van der Waals surface area (Å²) < 4.78 is 50.7. The number of nitrogens with zero attached hydrogens (tertiary/aromatic N) is 1.